The van der Waals surface area contributed by atoms with Gasteiger partial charge in [-0.25, -0.2) is 4.79 Å². The lowest BCUT2D eigenvalue weighted by Gasteiger charge is -2.15. The maximum atomic E-state index is 11.4. The summed E-state index contributed by atoms with van der Waals surface area (Å²) in [6.45, 7) is 0.441. The molecule has 0 atom stereocenters. The molecule has 4 nitrogen and oxygen atoms in total. The molecular formula is C26H21NO3. The zero-order chi connectivity index (χ0) is 20.9. The van der Waals surface area contributed by atoms with Crippen molar-refractivity contribution in [1.82, 2.24) is 0 Å². The lowest BCUT2D eigenvalue weighted by molar-refractivity contribution is 0.0697. The van der Waals surface area contributed by atoms with E-state index in [9.17, 15) is 15.2 Å². The molecule has 3 aromatic carbocycles. The summed E-state index contributed by atoms with van der Waals surface area (Å²) in [6, 6.07) is 24.7. The predicted octanol–water partition coefficient (Wildman–Crippen LogP) is 5.93. The highest BCUT2D eigenvalue weighted by Crippen LogP contribution is 2.43. The predicted molar refractivity (Wildman–Crippen MR) is 116 cm³/mol. The first-order chi connectivity index (χ1) is 14.7. The Kier molecular flexibility index (Phi) is 5.63. The largest absolute Gasteiger partial charge is 0.488 e. The van der Waals surface area contributed by atoms with Crippen LogP contribution < -0.4 is 4.74 Å². The number of hydrogen-bond acceptors (Lipinski definition) is 3. The van der Waals surface area contributed by atoms with E-state index in [1.807, 2.05) is 48.5 Å². The Morgan fingerprint density at radius 2 is 1.77 bits per heavy atom. The maximum Gasteiger partial charge on any atom is 0.335 e. The fourth-order valence-electron chi connectivity index (χ4n) is 3.90. The molecule has 30 heavy (non-hydrogen) atoms. The number of carbonyl (C=O) groups is 1. The van der Waals surface area contributed by atoms with Crippen LogP contribution in [-0.4, -0.2) is 11.1 Å². The summed E-state index contributed by atoms with van der Waals surface area (Å²) >= 11 is 0. The van der Waals surface area contributed by atoms with Crippen LogP contribution in [0.4, 0.5) is 0 Å². The van der Waals surface area contributed by atoms with Gasteiger partial charge in [0, 0.05) is 5.56 Å². The molecule has 4 rings (SSSR count). The number of allylic oxidation sites excluding steroid dienone is 2. The third kappa shape index (κ3) is 4.11. The summed E-state index contributed by atoms with van der Waals surface area (Å²) in [7, 11) is 0. The number of rotatable bonds is 6. The van der Waals surface area contributed by atoms with Gasteiger partial charge in [0.05, 0.1) is 17.2 Å². The second-order valence-electron chi connectivity index (χ2n) is 7.29. The second-order valence-corrected chi connectivity index (χ2v) is 7.29. The Morgan fingerprint density at radius 3 is 2.53 bits per heavy atom. The number of nitriles is 1. The Labute approximate surface area is 175 Å². The van der Waals surface area contributed by atoms with Crippen molar-refractivity contribution < 1.29 is 14.6 Å². The molecule has 1 aliphatic rings. The van der Waals surface area contributed by atoms with Gasteiger partial charge < -0.3 is 9.84 Å². The third-order valence-corrected chi connectivity index (χ3v) is 5.35. The zero-order valence-electron chi connectivity index (χ0n) is 16.5. The number of aromatic carboxylic acids is 1. The van der Waals surface area contributed by atoms with Crippen LogP contribution in [0.3, 0.4) is 0 Å². The molecule has 0 aromatic heterocycles. The molecule has 148 valence electrons. The standard InChI is InChI=1S/C26H21NO3/c27-16-19-12-13-25(30-17-18-6-2-1-3-7-18)24(14-19)23-11-5-10-22(23)20-8-4-9-21(15-20)26(28)29/h1-4,6-9,12-15H,5,10-11,17H2,(H,28,29). The van der Waals surface area contributed by atoms with Crippen LogP contribution in [0, 0.1) is 11.3 Å². The van der Waals surface area contributed by atoms with Crippen molar-refractivity contribution in [2.24, 2.45) is 0 Å². The Morgan fingerprint density at radius 1 is 0.967 bits per heavy atom. The van der Waals surface area contributed by atoms with Crippen molar-refractivity contribution in [1.29, 1.82) is 5.26 Å². The molecular weight excluding hydrogens is 374 g/mol. The van der Waals surface area contributed by atoms with Crippen molar-refractivity contribution in [3.63, 3.8) is 0 Å². The SMILES string of the molecule is N#Cc1ccc(OCc2ccccc2)c(C2=C(c3cccc(C(=O)O)c3)CCC2)c1. The first-order valence-corrected chi connectivity index (χ1v) is 9.92. The van der Waals surface area contributed by atoms with Crippen LogP contribution in [0.25, 0.3) is 11.1 Å². The van der Waals surface area contributed by atoms with E-state index in [1.54, 1.807) is 24.3 Å². The van der Waals surface area contributed by atoms with Crippen molar-refractivity contribution in [3.8, 4) is 11.8 Å². The fourth-order valence-corrected chi connectivity index (χ4v) is 3.90. The van der Waals surface area contributed by atoms with Crippen LogP contribution >= 0.6 is 0 Å². The van der Waals surface area contributed by atoms with E-state index in [-0.39, 0.29) is 5.56 Å². The Balaban J connectivity index is 1.75. The second kappa shape index (κ2) is 8.67. The molecule has 0 aliphatic heterocycles. The molecule has 0 heterocycles. The number of benzene rings is 3. The average Bonchev–Trinajstić information content (AvgIpc) is 3.28. The average molecular weight is 395 g/mol. The van der Waals surface area contributed by atoms with Gasteiger partial charge in [-0.3, -0.25) is 0 Å². The van der Waals surface area contributed by atoms with Gasteiger partial charge in [-0.05, 0) is 71.9 Å². The van der Waals surface area contributed by atoms with Gasteiger partial charge in [-0.15, -0.1) is 0 Å². The molecule has 0 spiro atoms. The van der Waals surface area contributed by atoms with Gasteiger partial charge in [0.15, 0.2) is 0 Å². The van der Waals surface area contributed by atoms with E-state index < -0.39 is 5.97 Å². The quantitative estimate of drug-likeness (QED) is 0.561. The van der Waals surface area contributed by atoms with Gasteiger partial charge in [0.1, 0.15) is 12.4 Å². The molecule has 0 fully saturated rings. The molecule has 1 aliphatic carbocycles. The summed E-state index contributed by atoms with van der Waals surface area (Å²) < 4.78 is 6.14. The molecule has 0 saturated carbocycles. The summed E-state index contributed by atoms with van der Waals surface area (Å²) in [5, 5.41) is 18.8. The van der Waals surface area contributed by atoms with Crippen molar-refractivity contribution >= 4 is 17.1 Å². The lowest BCUT2D eigenvalue weighted by atomic mass is 9.94. The third-order valence-electron chi connectivity index (χ3n) is 5.35. The number of ether oxygens (including phenoxy) is 1. The molecule has 4 heteroatoms. The van der Waals surface area contributed by atoms with Crippen molar-refractivity contribution in [2.45, 2.75) is 25.9 Å². The lowest BCUT2D eigenvalue weighted by Crippen LogP contribution is -2.00. The van der Waals surface area contributed by atoms with Crippen LogP contribution in [0.1, 0.15) is 51.9 Å². The summed E-state index contributed by atoms with van der Waals surface area (Å²) in [5.74, 6) is -0.197. The van der Waals surface area contributed by atoms with Crippen LogP contribution in [0.5, 0.6) is 5.75 Å². The number of nitrogens with zero attached hydrogens (tertiary/aromatic N) is 1. The normalized spacial score (nSPS) is 13.2. The smallest absolute Gasteiger partial charge is 0.335 e. The fraction of sp³-hybridized carbons (Fsp3) is 0.154. The van der Waals surface area contributed by atoms with E-state index in [2.05, 4.69) is 6.07 Å². The van der Waals surface area contributed by atoms with Crippen LogP contribution in [-0.2, 0) is 6.61 Å². The van der Waals surface area contributed by atoms with Crippen molar-refractivity contribution in [2.75, 3.05) is 0 Å². The van der Waals surface area contributed by atoms with E-state index in [1.165, 1.54) is 0 Å². The molecule has 0 radical (unpaired) electrons. The molecule has 1 N–H and O–H groups in total. The van der Waals surface area contributed by atoms with E-state index >= 15 is 0 Å². The molecule has 0 saturated heterocycles. The number of carboxylic acids is 1. The minimum Gasteiger partial charge on any atom is -0.488 e. The van der Waals surface area contributed by atoms with Gasteiger partial charge in [0.25, 0.3) is 0 Å². The molecule has 0 bridgehead atoms. The minimum absolute atomic E-state index is 0.276. The Bertz CT molecular complexity index is 1160. The topological polar surface area (TPSA) is 70.3 Å². The molecule has 0 amide bonds. The van der Waals surface area contributed by atoms with Gasteiger partial charge in [-0.2, -0.15) is 5.26 Å². The van der Waals surface area contributed by atoms with E-state index in [0.717, 1.165) is 52.8 Å². The zero-order valence-corrected chi connectivity index (χ0v) is 16.5. The summed E-state index contributed by atoms with van der Waals surface area (Å²) in [4.78, 5) is 11.4. The first kappa shape index (κ1) is 19.5. The highest BCUT2D eigenvalue weighted by Gasteiger charge is 2.22. The number of carboxylic acid groups (broad SMARTS) is 1. The maximum absolute atomic E-state index is 11.4. The summed E-state index contributed by atoms with van der Waals surface area (Å²) in [5.41, 5.74) is 6.00. The molecule has 3 aromatic rings. The van der Waals surface area contributed by atoms with Gasteiger partial charge >= 0.3 is 5.97 Å². The number of hydrogen-bond donors (Lipinski definition) is 1. The van der Waals surface area contributed by atoms with E-state index in [0.29, 0.717) is 12.2 Å². The van der Waals surface area contributed by atoms with Crippen LogP contribution in [0.15, 0.2) is 72.8 Å². The monoisotopic (exact) mass is 395 g/mol. The minimum atomic E-state index is -0.935. The highest BCUT2D eigenvalue weighted by atomic mass is 16.5. The Hall–Kier alpha value is -3.84. The van der Waals surface area contributed by atoms with Gasteiger partial charge in [-0.1, -0.05) is 42.5 Å². The van der Waals surface area contributed by atoms with Crippen LogP contribution in [0.2, 0.25) is 0 Å². The first-order valence-electron chi connectivity index (χ1n) is 9.92. The van der Waals surface area contributed by atoms with Crippen molar-refractivity contribution in [3.05, 3.63) is 101 Å². The summed E-state index contributed by atoms with van der Waals surface area (Å²) in [6.07, 6.45) is 2.72. The van der Waals surface area contributed by atoms with Gasteiger partial charge in [0.2, 0.25) is 0 Å². The highest BCUT2D eigenvalue weighted by molar-refractivity contribution is 5.96. The molecule has 0 unspecified atom stereocenters. The van der Waals surface area contributed by atoms with E-state index in [4.69, 9.17) is 4.74 Å².